The van der Waals surface area contributed by atoms with Crippen LogP contribution in [0.4, 0.5) is 5.69 Å². The Labute approximate surface area is 103 Å². The maximum Gasteiger partial charge on any atom is 0.100 e. The van der Waals surface area contributed by atoms with E-state index in [0.717, 1.165) is 10.2 Å². The summed E-state index contributed by atoms with van der Waals surface area (Å²) in [5, 5.41) is 20.4. The van der Waals surface area contributed by atoms with Crippen molar-refractivity contribution in [3.05, 3.63) is 28.2 Å². The van der Waals surface area contributed by atoms with Crippen LogP contribution in [0.5, 0.6) is 0 Å². The Morgan fingerprint density at radius 2 is 2.25 bits per heavy atom. The van der Waals surface area contributed by atoms with E-state index in [-0.39, 0.29) is 6.61 Å². The van der Waals surface area contributed by atoms with Crippen LogP contribution in [-0.2, 0) is 4.74 Å². The van der Waals surface area contributed by atoms with Crippen molar-refractivity contribution >= 4 is 21.6 Å². The zero-order chi connectivity index (χ0) is 11.8. The molecule has 0 radical (unpaired) electrons. The summed E-state index contributed by atoms with van der Waals surface area (Å²) in [4.78, 5) is 0. The molecule has 0 heterocycles. The predicted octanol–water partition coefficient (Wildman–Crippen LogP) is 1.74. The molecule has 5 heteroatoms. The van der Waals surface area contributed by atoms with Gasteiger partial charge in [0.25, 0.3) is 0 Å². The lowest BCUT2D eigenvalue weighted by Gasteiger charge is -2.07. The zero-order valence-electron chi connectivity index (χ0n) is 8.74. The maximum atomic E-state index is 8.74. The van der Waals surface area contributed by atoms with Crippen molar-refractivity contribution in [2.75, 3.05) is 31.7 Å². The smallest absolute Gasteiger partial charge is 0.100 e. The molecular weight excluding hydrogens is 272 g/mol. The van der Waals surface area contributed by atoms with Gasteiger partial charge in [0.15, 0.2) is 0 Å². The molecule has 0 atom stereocenters. The Bertz CT molecular complexity index is 377. The third-order valence-corrected chi connectivity index (χ3v) is 2.56. The van der Waals surface area contributed by atoms with Gasteiger partial charge in [0.2, 0.25) is 0 Å². The number of aliphatic hydroxyl groups excluding tert-OH is 1. The van der Waals surface area contributed by atoms with Crippen LogP contribution in [0.2, 0.25) is 0 Å². The second kappa shape index (κ2) is 7.23. The number of ether oxygens (including phenoxy) is 1. The van der Waals surface area contributed by atoms with Crippen LogP contribution in [-0.4, -0.2) is 31.5 Å². The monoisotopic (exact) mass is 284 g/mol. The number of nitrogens with one attached hydrogen (secondary N) is 1. The van der Waals surface area contributed by atoms with Gasteiger partial charge in [-0.05, 0) is 34.1 Å². The van der Waals surface area contributed by atoms with E-state index in [1.54, 1.807) is 6.07 Å². The highest BCUT2D eigenvalue weighted by atomic mass is 79.9. The minimum Gasteiger partial charge on any atom is -0.394 e. The number of nitriles is 1. The number of halogens is 1. The quantitative estimate of drug-likeness (QED) is 0.781. The van der Waals surface area contributed by atoms with Crippen LogP contribution < -0.4 is 5.32 Å². The minimum atomic E-state index is 0.0441. The average molecular weight is 285 g/mol. The van der Waals surface area contributed by atoms with E-state index in [1.165, 1.54) is 0 Å². The Balaban J connectivity index is 2.38. The summed E-state index contributed by atoms with van der Waals surface area (Å²) < 4.78 is 5.88. The van der Waals surface area contributed by atoms with Crippen molar-refractivity contribution in [1.82, 2.24) is 0 Å². The minimum absolute atomic E-state index is 0.0441. The first-order valence-corrected chi connectivity index (χ1v) is 5.69. The van der Waals surface area contributed by atoms with Crippen LogP contribution in [0.15, 0.2) is 22.7 Å². The number of rotatable bonds is 6. The van der Waals surface area contributed by atoms with Gasteiger partial charge in [-0.2, -0.15) is 5.26 Å². The van der Waals surface area contributed by atoms with Crippen molar-refractivity contribution < 1.29 is 9.84 Å². The van der Waals surface area contributed by atoms with E-state index in [2.05, 4.69) is 27.3 Å². The average Bonchev–Trinajstić information content (AvgIpc) is 2.29. The molecule has 0 aromatic heterocycles. The van der Waals surface area contributed by atoms with Crippen molar-refractivity contribution in [2.45, 2.75) is 0 Å². The Kier molecular flexibility index (Phi) is 5.86. The van der Waals surface area contributed by atoms with Crippen LogP contribution in [0.1, 0.15) is 5.56 Å². The van der Waals surface area contributed by atoms with Crippen molar-refractivity contribution in [3.63, 3.8) is 0 Å². The van der Waals surface area contributed by atoms with E-state index < -0.39 is 0 Å². The van der Waals surface area contributed by atoms with E-state index in [4.69, 9.17) is 15.1 Å². The molecule has 0 aliphatic rings. The van der Waals surface area contributed by atoms with Crippen molar-refractivity contribution in [1.29, 1.82) is 5.26 Å². The summed E-state index contributed by atoms with van der Waals surface area (Å²) >= 11 is 3.31. The summed E-state index contributed by atoms with van der Waals surface area (Å²) in [6.07, 6.45) is 0. The number of aliphatic hydroxyl groups is 1. The fourth-order valence-corrected chi connectivity index (χ4v) is 1.62. The molecule has 4 nitrogen and oxygen atoms in total. The van der Waals surface area contributed by atoms with Crippen molar-refractivity contribution in [3.8, 4) is 6.07 Å². The van der Waals surface area contributed by atoms with E-state index >= 15 is 0 Å². The predicted molar refractivity (Wildman–Crippen MR) is 65.3 cm³/mol. The second-order valence-electron chi connectivity index (χ2n) is 3.07. The fourth-order valence-electron chi connectivity index (χ4n) is 1.15. The van der Waals surface area contributed by atoms with Gasteiger partial charge in [0, 0.05) is 16.7 Å². The first-order chi connectivity index (χ1) is 7.77. The van der Waals surface area contributed by atoms with E-state index in [1.807, 2.05) is 12.1 Å². The summed E-state index contributed by atoms with van der Waals surface area (Å²) in [6, 6.07) is 7.52. The van der Waals surface area contributed by atoms with Gasteiger partial charge >= 0.3 is 0 Å². The lowest BCUT2D eigenvalue weighted by Crippen LogP contribution is -2.11. The highest BCUT2D eigenvalue weighted by Gasteiger charge is 1.99. The molecule has 0 saturated carbocycles. The van der Waals surface area contributed by atoms with Crippen LogP contribution in [0.3, 0.4) is 0 Å². The van der Waals surface area contributed by atoms with Crippen LogP contribution >= 0.6 is 15.9 Å². The number of nitrogens with zero attached hydrogens (tertiary/aromatic N) is 1. The molecule has 0 bridgehead atoms. The molecule has 2 N–H and O–H groups in total. The van der Waals surface area contributed by atoms with Crippen molar-refractivity contribution in [2.24, 2.45) is 0 Å². The lowest BCUT2D eigenvalue weighted by molar-refractivity contribution is 0.0992. The molecule has 86 valence electrons. The summed E-state index contributed by atoms with van der Waals surface area (Å²) in [6.45, 7) is 1.61. The Morgan fingerprint density at radius 1 is 1.44 bits per heavy atom. The molecule has 0 unspecified atom stereocenters. The third-order valence-electron chi connectivity index (χ3n) is 1.90. The highest BCUT2D eigenvalue weighted by molar-refractivity contribution is 9.10. The standard InChI is InChI=1S/C11H13BrN2O2/c12-11-7-10(2-1-9(11)8-13)14-3-5-16-6-4-15/h1-2,7,14-15H,3-6H2. The molecular formula is C11H13BrN2O2. The molecule has 0 saturated heterocycles. The summed E-state index contributed by atoms with van der Waals surface area (Å²) in [5.41, 5.74) is 1.54. The zero-order valence-corrected chi connectivity index (χ0v) is 10.3. The topological polar surface area (TPSA) is 65.3 Å². The Hall–Kier alpha value is -1.09. The third kappa shape index (κ3) is 4.19. The normalized spacial score (nSPS) is 9.81. The van der Waals surface area contributed by atoms with Crippen LogP contribution in [0, 0.1) is 11.3 Å². The van der Waals surface area contributed by atoms with Gasteiger partial charge in [-0.25, -0.2) is 0 Å². The van der Waals surface area contributed by atoms with Gasteiger partial charge in [0.1, 0.15) is 6.07 Å². The van der Waals surface area contributed by atoms with Gasteiger partial charge in [-0.1, -0.05) is 0 Å². The molecule has 1 aromatic rings. The largest absolute Gasteiger partial charge is 0.394 e. The van der Waals surface area contributed by atoms with E-state index in [0.29, 0.717) is 25.3 Å². The molecule has 0 aliphatic heterocycles. The van der Waals surface area contributed by atoms with Gasteiger partial charge in [0.05, 0.1) is 25.4 Å². The Morgan fingerprint density at radius 3 is 2.88 bits per heavy atom. The number of anilines is 1. The lowest BCUT2D eigenvalue weighted by atomic mass is 10.2. The first kappa shape index (κ1) is 13.0. The molecule has 0 spiro atoms. The SMILES string of the molecule is N#Cc1ccc(NCCOCCO)cc1Br. The summed E-state index contributed by atoms with van der Waals surface area (Å²) in [7, 11) is 0. The van der Waals surface area contributed by atoms with E-state index in [9.17, 15) is 0 Å². The summed E-state index contributed by atoms with van der Waals surface area (Å²) in [5.74, 6) is 0. The molecule has 0 amide bonds. The first-order valence-electron chi connectivity index (χ1n) is 4.90. The number of hydrogen-bond acceptors (Lipinski definition) is 4. The molecule has 0 aliphatic carbocycles. The molecule has 16 heavy (non-hydrogen) atoms. The molecule has 1 rings (SSSR count). The highest BCUT2D eigenvalue weighted by Crippen LogP contribution is 2.20. The molecule has 0 fully saturated rings. The van der Waals surface area contributed by atoms with Gasteiger partial charge < -0.3 is 15.2 Å². The van der Waals surface area contributed by atoms with Gasteiger partial charge in [-0.15, -0.1) is 0 Å². The second-order valence-corrected chi connectivity index (χ2v) is 3.92. The maximum absolute atomic E-state index is 8.74. The van der Waals surface area contributed by atoms with Crippen LogP contribution in [0.25, 0.3) is 0 Å². The fraction of sp³-hybridized carbons (Fsp3) is 0.364. The number of benzene rings is 1. The van der Waals surface area contributed by atoms with Gasteiger partial charge in [-0.3, -0.25) is 0 Å². The molecule has 1 aromatic carbocycles. The number of hydrogen-bond donors (Lipinski definition) is 2.